The van der Waals surface area contributed by atoms with E-state index in [1.54, 1.807) is 0 Å². The number of hydrogen-bond acceptors (Lipinski definition) is 3. The Morgan fingerprint density at radius 1 is 1.06 bits per heavy atom. The van der Waals surface area contributed by atoms with Crippen LogP contribution in [0.5, 0.6) is 0 Å². The highest BCUT2D eigenvalue weighted by atomic mass is 35.5. The second kappa shape index (κ2) is 9.95. The fourth-order valence-corrected chi connectivity index (χ4v) is 3.41. The summed E-state index contributed by atoms with van der Waals surface area (Å²) < 4.78 is 77.4. The first kappa shape index (κ1) is 26.0. The van der Waals surface area contributed by atoms with E-state index in [9.17, 15) is 35.9 Å². The van der Waals surface area contributed by atoms with Gasteiger partial charge in [-0.25, -0.2) is 18.2 Å². The number of hydrogen-bond donors (Lipinski definition) is 0. The zero-order chi connectivity index (χ0) is 26.1. The first-order chi connectivity index (χ1) is 16.3. The van der Waals surface area contributed by atoms with Crippen molar-refractivity contribution in [2.24, 2.45) is 0 Å². The minimum atomic E-state index is -4.52. The number of pyridine rings is 1. The van der Waals surface area contributed by atoms with E-state index in [2.05, 4.69) is 4.98 Å². The van der Waals surface area contributed by atoms with Crippen LogP contribution in [-0.2, 0) is 17.5 Å². The van der Waals surface area contributed by atoms with Crippen LogP contribution in [0.1, 0.15) is 27.2 Å². The lowest BCUT2D eigenvalue weighted by atomic mass is 10.1. The zero-order valence-corrected chi connectivity index (χ0v) is 18.9. The van der Waals surface area contributed by atoms with Gasteiger partial charge < -0.3 is 4.90 Å². The molecule has 0 unspecified atom stereocenters. The second-order valence-electron chi connectivity index (χ2n) is 7.48. The largest absolute Gasteiger partial charge is 0.416 e. The van der Waals surface area contributed by atoms with Gasteiger partial charge in [0.05, 0.1) is 22.8 Å². The van der Waals surface area contributed by atoms with Gasteiger partial charge in [-0.1, -0.05) is 17.7 Å². The molecule has 1 aliphatic heterocycles. The summed E-state index contributed by atoms with van der Waals surface area (Å²) in [7, 11) is 1.35. The lowest BCUT2D eigenvalue weighted by Crippen LogP contribution is -2.25. The quantitative estimate of drug-likeness (QED) is 0.247. The number of aryl methyl sites for hydroxylation is 1. The number of halogens is 7. The number of carbonyl (C=O) groups excluding carboxylic acids is 2. The van der Waals surface area contributed by atoms with Gasteiger partial charge in [0.1, 0.15) is 23.3 Å². The molecule has 0 bridgehead atoms. The van der Waals surface area contributed by atoms with E-state index in [1.165, 1.54) is 26.1 Å². The topological polar surface area (TPSA) is 53.5 Å². The summed E-state index contributed by atoms with van der Waals surface area (Å²) in [5.41, 5.74) is -0.0637. The molecule has 0 saturated carbocycles. The lowest BCUT2D eigenvalue weighted by molar-refractivity contribution is -0.137. The fourth-order valence-electron chi connectivity index (χ4n) is 3.25. The molecule has 5 nitrogen and oxygen atoms in total. The molecule has 184 valence electrons. The van der Waals surface area contributed by atoms with Crippen LogP contribution in [0.2, 0.25) is 5.02 Å². The van der Waals surface area contributed by atoms with Gasteiger partial charge in [-0.3, -0.25) is 14.5 Å². The van der Waals surface area contributed by atoms with E-state index >= 15 is 0 Å². The molecule has 2 aromatic carbocycles. The van der Waals surface area contributed by atoms with Gasteiger partial charge in [0.15, 0.2) is 0 Å². The zero-order valence-electron chi connectivity index (χ0n) is 18.1. The van der Waals surface area contributed by atoms with Crippen LogP contribution in [0, 0.1) is 24.4 Å². The second-order valence-corrected chi connectivity index (χ2v) is 7.89. The van der Waals surface area contributed by atoms with E-state index < -0.39 is 35.1 Å². The van der Waals surface area contributed by atoms with Crippen LogP contribution >= 0.6 is 11.6 Å². The Hall–Kier alpha value is -3.60. The van der Waals surface area contributed by atoms with Crippen LogP contribution in [0.15, 0.2) is 42.5 Å². The molecule has 0 N–H and O–H groups in total. The number of amides is 2. The molecule has 1 aromatic heterocycles. The van der Waals surface area contributed by atoms with E-state index in [4.69, 9.17) is 11.6 Å². The minimum absolute atomic E-state index is 0.0543. The van der Waals surface area contributed by atoms with Gasteiger partial charge in [-0.05, 0) is 42.8 Å². The molecule has 35 heavy (non-hydrogen) atoms. The SMILES string of the molecule is CN(C=O)c1cc(Cl)c(F)cc1F.Cc1cc(C(F)(F)F)cc(N2Cc3ccc(F)cc3C2=O)n1. The van der Waals surface area contributed by atoms with Gasteiger partial charge in [0.2, 0.25) is 6.41 Å². The predicted molar refractivity (Wildman–Crippen MR) is 117 cm³/mol. The molecule has 12 heteroatoms. The number of fused-ring (bicyclic) bond motifs is 1. The number of benzene rings is 2. The number of nitrogens with zero attached hydrogens (tertiary/aromatic N) is 3. The molecule has 1 aliphatic rings. The van der Waals surface area contributed by atoms with Crippen molar-refractivity contribution in [2.75, 3.05) is 16.8 Å². The first-order valence-corrected chi connectivity index (χ1v) is 10.2. The molecule has 0 saturated heterocycles. The number of anilines is 2. The Kier molecular flexibility index (Phi) is 7.39. The highest BCUT2D eigenvalue weighted by Gasteiger charge is 2.34. The standard InChI is InChI=1S/C15H10F4N2O.C8H6ClF2NO/c1-8-4-10(15(17,18)19)5-13(20-8)21-7-9-2-3-11(16)6-12(9)14(21)22;1-12(4-13)8-2-5(9)6(10)3-7(8)11/h2-6H,7H2,1H3;2-4H,1H3. The fraction of sp³-hybridized carbons (Fsp3) is 0.174. The van der Waals surface area contributed by atoms with Crippen molar-refractivity contribution < 1.29 is 35.9 Å². The third-order valence-corrected chi connectivity index (χ3v) is 5.24. The summed E-state index contributed by atoms with van der Waals surface area (Å²) >= 11 is 5.40. The molecule has 0 aliphatic carbocycles. The van der Waals surface area contributed by atoms with E-state index in [0.717, 1.165) is 34.1 Å². The van der Waals surface area contributed by atoms with Crippen LogP contribution in [0.3, 0.4) is 0 Å². The Morgan fingerprint density at radius 3 is 2.37 bits per heavy atom. The number of rotatable bonds is 3. The van der Waals surface area contributed by atoms with E-state index in [0.29, 0.717) is 18.0 Å². The molecule has 4 rings (SSSR count). The van der Waals surface area contributed by atoms with Crippen molar-refractivity contribution in [3.63, 3.8) is 0 Å². The molecule has 2 amide bonds. The monoisotopic (exact) mass is 515 g/mol. The molecular weight excluding hydrogens is 500 g/mol. The van der Waals surface area contributed by atoms with Crippen molar-refractivity contribution in [2.45, 2.75) is 19.6 Å². The normalized spacial score (nSPS) is 12.7. The van der Waals surface area contributed by atoms with Crippen LogP contribution < -0.4 is 9.80 Å². The van der Waals surface area contributed by atoms with Crippen molar-refractivity contribution >= 4 is 35.4 Å². The van der Waals surface area contributed by atoms with Crippen LogP contribution in [0.4, 0.5) is 37.8 Å². The summed E-state index contributed by atoms with van der Waals surface area (Å²) in [6.45, 7) is 1.49. The maximum absolute atomic E-state index is 13.2. The molecule has 2 heterocycles. The van der Waals surface area contributed by atoms with Gasteiger partial charge >= 0.3 is 6.18 Å². The van der Waals surface area contributed by atoms with Crippen molar-refractivity contribution in [3.05, 3.63) is 87.3 Å². The maximum Gasteiger partial charge on any atom is 0.416 e. The highest BCUT2D eigenvalue weighted by Crippen LogP contribution is 2.34. The molecule has 0 radical (unpaired) electrons. The summed E-state index contributed by atoms with van der Waals surface area (Å²) in [4.78, 5) is 28.6. The Morgan fingerprint density at radius 2 is 1.74 bits per heavy atom. The molecule has 0 atom stereocenters. The van der Waals surface area contributed by atoms with Gasteiger partial charge in [-0.15, -0.1) is 0 Å². The Bertz CT molecular complexity index is 1300. The third-order valence-electron chi connectivity index (χ3n) is 4.95. The average molecular weight is 516 g/mol. The Balaban J connectivity index is 0.000000225. The van der Waals surface area contributed by atoms with E-state index in [1.807, 2.05) is 0 Å². The van der Waals surface area contributed by atoms with Gasteiger partial charge in [0, 0.05) is 24.4 Å². The number of aromatic nitrogens is 1. The molecule has 0 spiro atoms. The smallest absolute Gasteiger partial charge is 0.315 e. The molecule has 3 aromatic rings. The first-order valence-electron chi connectivity index (χ1n) is 9.80. The average Bonchev–Trinajstić information content (AvgIpc) is 3.11. The predicted octanol–water partition coefficient (Wildman–Crippen LogP) is 5.92. The number of alkyl halides is 3. The summed E-state index contributed by atoms with van der Waals surface area (Å²) in [5, 5.41) is -0.217. The summed E-state index contributed by atoms with van der Waals surface area (Å²) in [6.07, 6.45) is -4.11. The van der Waals surface area contributed by atoms with Gasteiger partial charge in [-0.2, -0.15) is 13.2 Å². The summed E-state index contributed by atoms with van der Waals surface area (Å²) in [6, 6.07) is 7.17. The minimum Gasteiger partial charge on any atom is -0.315 e. The number of carbonyl (C=O) groups is 2. The van der Waals surface area contributed by atoms with Crippen molar-refractivity contribution in [1.29, 1.82) is 0 Å². The molecular formula is C23H16ClF6N3O2. The molecule has 0 fully saturated rings. The third kappa shape index (κ3) is 5.73. The maximum atomic E-state index is 13.2. The Labute approximate surface area is 200 Å². The van der Waals surface area contributed by atoms with Gasteiger partial charge in [0.25, 0.3) is 5.91 Å². The van der Waals surface area contributed by atoms with Crippen LogP contribution in [0.25, 0.3) is 0 Å². The van der Waals surface area contributed by atoms with Crippen LogP contribution in [-0.4, -0.2) is 24.3 Å². The van der Waals surface area contributed by atoms with Crippen molar-refractivity contribution in [3.8, 4) is 0 Å². The highest BCUT2D eigenvalue weighted by molar-refractivity contribution is 6.31. The van der Waals surface area contributed by atoms with E-state index in [-0.39, 0.29) is 34.3 Å². The van der Waals surface area contributed by atoms with Crippen molar-refractivity contribution in [1.82, 2.24) is 4.98 Å². The summed E-state index contributed by atoms with van der Waals surface area (Å²) in [5.74, 6) is -2.88. The lowest BCUT2D eigenvalue weighted by Gasteiger charge is -2.17.